The molecule has 20 heavy (non-hydrogen) atoms. The highest BCUT2D eigenvalue weighted by molar-refractivity contribution is 6.30. The molecule has 1 aromatic rings. The largest absolute Gasteiger partial charge is 0.306 e. The number of hydrogen-bond acceptors (Lipinski definition) is 3. The lowest BCUT2D eigenvalue weighted by Gasteiger charge is -2.22. The topological polar surface area (TPSA) is 53.5 Å². The highest BCUT2D eigenvalue weighted by Crippen LogP contribution is 2.16. The van der Waals surface area contributed by atoms with Gasteiger partial charge in [0.2, 0.25) is 0 Å². The number of amides is 1. The predicted octanol–water partition coefficient (Wildman–Crippen LogP) is 2.71. The molecule has 0 aromatic heterocycles. The quantitative estimate of drug-likeness (QED) is 0.648. The van der Waals surface area contributed by atoms with E-state index in [0.29, 0.717) is 17.6 Å². The van der Waals surface area contributed by atoms with Crippen LogP contribution in [0.4, 0.5) is 0 Å². The number of benzene rings is 1. The Kier molecular flexibility index (Phi) is 6.02. The van der Waals surface area contributed by atoms with E-state index in [1.54, 1.807) is 18.3 Å². The molecule has 0 heterocycles. The number of hydrazone groups is 1. The molecule has 1 saturated carbocycles. The summed E-state index contributed by atoms with van der Waals surface area (Å²) < 4.78 is 0. The Labute approximate surface area is 124 Å². The molecule has 1 amide bonds. The molecule has 0 spiro atoms. The van der Waals surface area contributed by atoms with Crippen LogP contribution in [0.2, 0.25) is 5.02 Å². The minimum Gasteiger partial charge on any atom is -0.306 e. The second-order valence-electron chi connectivity index (χ2n) is 5.06. The molecule has 2 rings (SSSR count). The summed E-state index contributed by atoms with van der Waals surface area (Å²) in [6, 6.07) is 7.75. The van der Waals surface area contributed by atoms with Crippen LogP contribution in [0.1, 0.15) is 37.7 Å². The number of halogens is 1. The van der Waals surface area contributed by atoms with E-state index in [-0.39, 0.29) is 5.91 Å². The molecule has 108 valence electrons. The van der Waals surface area contributed by atoms with E-state index in [4.69, 9.17) is 11.6 Å². The molecule has 0 aliphatic heterocycles. The van der Waals surface area contributed by atoms with Gasteiger partial charge < -0.3 is 5.32 Å². The van der Waals surface area contributed by atoms with Crippen LogP contribution in [0.5, 0.6) is 0 Å². The highest BCUT2D eigenvalue weighted by atomic mass is 35.5. The number of nitrogens with zero attached hydrogens (tertiary/aromatic N) is 1. The first-order valence-corrected chi connectivity index (χ1v) is 7.43. The standard InChI is InChI=1S/C15H20ClN3O/c16-13-8-6-12(7-9-13)10-18-19-15(20)11-17-14-4-2-1-3-5-14/h6-10,14,17H,1-5,11H2,(H,19,20)/b18-10-. The zero-order valence-corrected chi connectivity index (χ0v) is 12.2. The third kappa shape index (κ3) is 5.31. The molecule has 1 aliphatic rings. The molecule has 0 bridgehead atoms. The van der Waals surface area contributed by atoms with E-state index in [2.05, 4.69) is 15.8 Å². The summed E-state index contributed by atoms with van der Waals surface area (Å²) in [5.74, 6) is -0.110. The Morgan fingerprint density at radius 2 is 1.95 bits per heavy atom. The summed E-state index contributed by atoms with van der Waals surface area (Å²) in [4.78, 5) is 11.6. The lowest BCUT2D eigenvalue weighted by atomic mass is 9.95. The monoisotopic (exact) mass is 293 g/mol. The molecule has 1 aromatic carbocycles. The van der Waals surface area contributed by atoms with Crippen LogP contribution < -0.4 is 10.7 Å². The van der Waals surface area contributed by atoms with Crippen LogP contribution >= 0.6 is 11.6 Å². The normalized spacial score (nSPS) is 16.4. The van der Waals surface area contributed by atoms with Gasteiger partial charge in [-0.05, 0) is 30.5 Å². The summed E-state index contributed by atoms with van der Waals surface area (Å²) in [7, 11) is 0. The Morgan fingerprint density at radius 3 is 2.65 bits per heavy atom. The molecule has 0 atom stereocenters. The summed E-state index contributed by atoms with van der Waals surface area (Å²) in [6.45, 7) is 0.322. The predicted molar refractivity (Wildman–Crippen MR) is 82.1 cm³/mol. The summed E-state index contributed by atoms with van der Waals surface area (Å²) in [5, 5.41) is 7.88. The zero-order chi connectivity index (χ0) is 14.2. The van der Waals surface area contributed by atoms with E-state index < -0.39 is 0 Å². The molecule has 0 radical (unpaired) electrons. The molecule has 2 N–H and O–H groups in total. The molecule has 0 unspecified atom stereocenters. The van der Waals surface area contributed by atoms with Crippen LogP contribution in [0, 0.1) is 0 Å². The molecule has 1 aliphatic carbocycles. The van der Waals surface area contributed by atoms with Crippen molar-refractivity contribution in [2.75, 3.05) is 6.54 Å². The van der Waals surface area contributed by atoms with Crippen LogP contribution in [-0.2, 0) is 4.79 Å². The maximum atomic E-state index is 11.6. The average molecular weight is 294 g/mol. The van der Waals surface area contributed by atoms with Gasteiger partial charge in [-0.25, -0.2) is 5.43 Å². The SMILES string of the molecule is O=C(CNC1CCCCC1)N/N=C\c1ccc(Cl)cc1. The maximum Gasteiger partial charge on any atom is 0.254 e. The fourth-order valence-electron chi connectivity index (χ4n) is 2.31. The first kappa shape index (κ1) is 15.0. The summed E-state index contributed by atoms with van der Waals surface area (Å²) in [6.07, 6.45) is 7.77. The van der Waals surface area contributed by atoms with Gasteiger partial charge in [-0.1, -0.05) is 43.0 Å². The molecule has 5 heteroatoms. The second-order valence-corrected chi connectivity index (χ2v) is 5.50. The average Bonchev–Trinajstić information content (AvgIpc) is 2.48. The number of carbonyl (C=O) groups is 1. The molecule has 0 saturated heterocycles. The van der Waals surface area contributed by atoms with Crippen LogP contribution in [0.3, 0.4) is 0 Å². The third-order valence-corrected chi connectivity index (χ3v) is 3.68. The van der Waals surface area contributed by atoms with Crippen molar-refractivity contribution in [2.24, 2.45) is 5.10 Å². The Morgan fingerprint density at radius 1 is 1.25 bits per heavy atom. The lowest BCUT2D eigenvalue weighted by molar-refractivity contribution is -0.120. The molecular weight excluding hydrogens is 274 g/mol. The fourth-order valence-corrected chi connectivity index (χ4v) is 2.44. The fraction of sp³-hybridized carbons (Fsp3) is 0.467. The van der Waals surface area contributed by atoms with E-state index in [1.165, 1.54) is 32.1 Å². The second kappa shape index (κ2) is 8.02. The summed E-state index contributed by atoms with van der Waals surface area (Å²) >= 11 is 5.79. The number of rotatable bonds is 5. The van der Waals surface area contributed by atoms with Gasteiger partial charge in [-0.15, -0.1) is 0 Å². The minimum absolute atomic E-state index is 0.110. The van der Waals surface area contributed by atoms with Gasteiger partial charge >= 0.3 is 0 Å². The van der Waals surface area contributed by atoms with Gasteiger partial charge in [-0.3, -0.25) is 4.79 Å². The smallest absolute Gasteiger partial charge is 0.254 e. The first-order chi connectivity index (χ1) is 9.74. The van der Waals surface area contributed by atoms with Crippen molar-refractivity contribution in [3.05, 3.63) is 34.9 Å². The van der Waals surface area contributed by atoms with Gasteiger partial charge in [0.05, 0.1) is 12.8 Å². The molecular formula is C15H20ClN3O. The van der Waals surface area contributed by atoms with Crippen molar-refractivity contribution < 1.29 is 4.79 Å². The van der Waals surface area contributed by atoms with Crippen LogP contribution in [0.25, 0.3) is 0 Å². The summed E-state index contributed by atoms with van der Waals surface area (Å²) in [5.41, 5.74) is 3.42. The van der Waals surface area contributed by atoms with Crippen molar-refractivity contribution >= 4 is 23.7 Å². The van der Waals surface area contributed by atoms with Crippen molar-refractivity contribution in [3.8, 4) is 0 Å². The number of hydrogen-bond donors (Lipinski definition) is 2. The van der Waals surface area contributed by atoms with Crippen molar-refractivity contribution in [3.63, 3.8) is 0 Å². The van der Waals surface area contributed by atoms with Gasteiger partial charge in [0, 0.05) is 11.1 Å². The van der Waals surface area contributed by atoms with Gasteiger partial charge in [0.25, 0.3) is 5.91 Å². The maximum absolute atomic E-state index is 11.6. The van der Waals surface area contributed by atoms with Gasteiger partial charge in [0.1, 0.15) is 0 Å². The third-order valence-electron chi connectivity index (χ3n) is 3.43. The van der Waals surface area contributed by atoms with Gasteiger partial charge in [0.15, 0.2) is 0 Å². The molecule has 4 nitrogen and oxygen atoms in total. The molecule has 1 fully saturated rings. The van der Waals surface area contributed by atoms with E-state index >= 15 is 0 Å². The number of nitrogens with one attached hydrogen (secondary N) is 2. The van der Waals surface area contributed by atoms with E-state index in [0.717, 1.165) is 5.56 Å². The Hall–Kier alpha value is -1.39. The van der Waals surface area contributed by atoms with Gasteiger partial charge in [-0.2, -0.15) is 5.10 Å². The van der Waals surface area contributed by atoms with E-state index in [1.807, 2.05) is 12.1 Å². The highest BCUT2D eigenvalue weighted by Gasteiger charge is 2.13. The van der Waals surface area contributed by atoms with Crippen LogP contribution in [0.15, 0.2) is 29.4 Å². The van der Waals surface area contributed by atoms with Crippen molar-refractivity contribution in [1.82, 2.24) is 10.7 Å². The Bertz CT molecular complexity index is 453. The van der Waals surface area contributed by atoms with Crippen molar-refractivity contribution in [2.45, 2.75) is 38.1 Å². The first-order valence-electron chi connectivity index (χ1n) is 7.05. The van der Waals surface area contributed by atoms with Crippen LogP contribution in [-0.4, -0.2) is 24.7 Å². The zero-order valence-electron chi connectivity index (χ0n) is 11.4. The van der Waals surface area contributed by atoms with E-state index in [9.17, 15) is 4.79 Å². The lowest BCUT2D eigenvalue weighted by Crippen LogP contribution is -2.38. The number of carbonyl (C=O) groups excluding carboxylic acids is 1. The Balaban J connectivity index is 1.67. The minimum atomic E-state index is -0.110. The van der Waals surface area contributed by atoms with Crippen molar-refractivity contribution in [1.29, 1.82) is 0 Å².